The smallest absolute Gasteiger partial charge is 0.410 e. The SMILES string of the molecule is C[C@H](O)C(=O)N(CC1CN(C(=O)OC(C)(C)C)CC1F)C(c1nc(-c2cc(F)ccc2F)cn1Cc1ccccc1)C1CN(C(=O)CCN2C(=O)C=CC2=O)C1. The fraction of sp³-hybridized carbons (Fsp3) is 0.450. The predicted octanol–water partition coefficient (Wildman–Crippen LogP) is 4.11. The number of nitrogens with zero attached hydrogens (tertiary/aromatic N) is 6. The van der Waals surface area contributed by atoms with Crippen LogP contribution in [0.2, 0.25) is 0 Å². The third-order valence-corrected chi connectivity index (χ3v) is 10.1. The minimum Gasteiger partial charge on any atom is -0.444 e. The van der Waals surface area contributed by atoms with Crippen LogP contribution in [-0.4, -0.2) is 121 Å². The summed E-state index contributed by atoms with van der Waals surface area (Å²) >= 11 is 0. The number of likely N-dealkylation sites (tertiary alicyclic amines) is 2. The van der Waals surface area contributed by atoms with Crippen LogP contribution in [0.15, 0.2) is 66.9 Å². The molecule has 0 radical (unpaired) electrons. The van der Waals surface area contributed by atoms with E-state index in [0.29, 0.717) is 0 Å². The highest BCUT2D eigenvalue weighted by Crippen LogP contribution is 2.39. The number of carbonyl (C=O) groups is 5. The number of rotatable bonds is 12. The highest BCUT2D eigenvalue weighted by atomic mass is 19.1. The topological polar surface area (TPSA) is 146 Å². The lowest BCUT2D eigenvalue weighted by molar-refractivity contribution is -0.149. The molecule has 0 spiro atoms. The first-order valence-corrected chi connectivity index (χ1v) is 18.5. The maximum Gasteiger partial charge on any atom is 0.410 e. The Morgan fingerprint density at radius 3 is 2.30 bits per heavy atom. The van der Waals surface area contributed by atoms with E-state index in [2.05, 4.69) is 0 Å². The third kappa shape index (κ3) is 8.96. The van der Waals surface area contributed by atoms with Gasteiger partial charge in [0.05, 0.1) is 18.3 Å². The molecule has 2 saturated heterocycles. The molecule has 3 aromatic rings. The van der Waals surface area contributed by atoms with E-state index < -0.39 is 71.2 Å². The maximum atomic E-state index is 15.9. The largest absolute Gasteiger partial charge is 0.444 e. The summed E-state index contributed by atoms with van der Waals surface area (Å²) in [5.41, 5.74) is -0.102. The first-order valence-electron chi connectivity index (χ1n) is 18.5. The van der Waals surface area contributed by atoms with Gasteiger partial charge in [-0.25, -0.2) is 22.9 Å². The standard InChI is InChI=1S/C40H45F3N6O7/c1-24(50)38(54)49(21-26-18-47(22-31(26)43)39(55)56-40(2,3)4)36(27-19-45(20-27)33(51)14-15-48-34(52)12-13-35(48)53)37-44-32(29-16-28(41)10-11-30(29)42)23-46(37)17-25-8-6-5-7-9-25/h5-13,16,23-24,26-27,31,36,50H,14-15,17-22H2,1-4H3/t24-,26?,31?,36?/m0/s1. The van der Waals surface area contributed by atoms with Crippen molar-refractivity contribution in [2.24, 2.45) is 11.8 Å². The van der Waals surface area contributed by atoms with Crippen LogP contribution in [0.25, 0.3) is 11.3 Å². The van der Waals surface area contributed by atoms with Crippen molar-refractivity contribution in [1.82, 2.24) is 29.2 Å². The molecule has 298 valence electrons. The van der Waals surface area contributed by atoms with Gasteiger partial charge in [0.2, 0.25) is 5.91 Å². The number of aliphatic hydroxyl groups is 1. The fourth-order valence-corrected chi connectivity index (χ4v) is 7.25. The number of alkyl halides is 1. The molecule has 4 heterocycles. The van der Waals surface area contributed by atoms with E-state index in [0.717, 1.165) is 40.8 Å². The molecule has 4 atom stereocenters. The number of aromatic nitrogens is 2. The molecule has 5 amide bonds. The van der Waals surface area contributed by atoms with E-state index >= 15 is 8.78 Å². The molecule has 2 aromatic carbocycles. The van der Waals surface area contributed by atoms with E-state index in [1.54, 1.807) is 25.3 Å². The van der Waals surface area contributed by atoms with Gasteiger partial charge in [0, 0.05) is 81.4 Å². The number of amides is 5. The summed E-state index contributed by atoms with van der Waals surface area (Å²) in [5, 5.41) is 10.8. The Hall–Kier alpha value is -5.51. The van der Waals surface area contributed by atoms with Crippen LogP contribution in [0.1, 0.15) is 51.5 Å². The lowest BCUT2D eigenvalue weighted by Gasteiger charge is -2.47. The average molecular weight is 779 g/mol. The molecule has 0 aliphatic carbocycles. The number of ether oxygens (including phenoxy) is 1. The molecule has 6 rings (SSSR count). The zero-order chi connectivity index (χ0) is 40.5. The Balaban J connectivity index is 1.37. The molecular weight excluding hydrogens is 733 g/mol. The van der Waals surface area contributed by atoms with Gasteiger partial charge in [-0.05, 0) is 51.5 Å². The Morgan fingerprint density at radius 1 is 0.982 bits per heavy atom. The number of hydrogen-bond donors (Lipinski definition) is 1. The van der Waals surface area contributed by atoms with Crippen LogP contribution in [0, 0.1) is 23.5 Å². The fourth-order valence-electron chi connectivity index (χ4n) is 7.25. The normalized spacial score (nSPS) is 19.7. The van der Waals surface area contributed by atoms with Crippen molar-refractivity contribution in [2.75, 3.05) is 39.3 Å². The molecule has 0 saturated carbocycles. The van der Waals surface area contributed by atoms with Crippen LogP contribution in [0.3, 0.4) is 0 Å². The number of imide groups is 1. The zero-order valence-corrected chi connectivity index (χ0v) is 31.6. The highest BCUT2D eigenvalue weighted by molar-refractivity contribution is 6.13. The van der Waals surface area contributed by atoms with E-state index in [1.807, 2.05) is 30.3 Å². The second-order valence-corrected chi connectivity index (χ2v) is 15.5. The van der Waals surface area contributed by atoms with E-state index in [4.69, 9.17) is 9.72 Å². The number of aliphatic hydroxyl groups excluding tert-OH is 1. The molecular formula is C40H45F3N6O7. The number of benzene rings is 2. The average Bonchev–Trinajstić information content (AvgIpc) is 3.80. The van der Waals surface area contributed by atoms with Gasteiger partial charge < -0.3 is 29.1 Å². The lowest BCUT2D eigenvalue weighted by atomic mass is 9.87. The van der Waals surface area contributed by atoms with Gasteiger partial charge in [-0.15, -0.1) is 0 Å². The van der Waals surface area contributed by atoms with Gasteiger partial charge in [0.1, 0.15) is 35.3 Å². The van der Waals surface area contributed by atoms with Gasteiger partial charge >= 0.3 is 6.09 Å². The third-order valence-electron chi connectivity index (χ3n) is 10.1. The Kier molecular flexibility index (Phi) is 11.7. The van der Waals surface area contributed by atoms with Crippen molar-refractivity contribution in [3.63, 3.8) is 0 Å². The number of hydrogen-bond acceptors (Lipinski definition) is 8. The lowest BCUT2D eigenvalue weighted by Crippen LogP contribution is -2.58. The number of imidazole rings is 1. The van der Waals surface area contributed by atoms with Crippen molar-refractivity contribution in [3.8, 4) is 11.3 Å². The molecule has 1 N–H and O–H groups in total. The van der Waals surface area contributed by atoms with Crippen molar-refractivity contribution in [2.45, 2.75) is 64.6 Å². The summed E-state index contributed by atoms with van der Waals surface area (Å²) in [4.78, 5) is 74.3. The molecule has 1 aromatic heterocycles. The summed E-state index contributed by atoms with van der Waals surface area (Å²) in [6.45, 7) is 5.89. The van der Waals surface area contributed by atoms with Gasteiger partial charge in [0.15, 0.2) is 0 Å². The Bertz CT molecular complexity index is 1990. The van der Waals surface area contributed by atoms with Gasteiger partial charge in [-0.1, -0.05) is 30.3 Å². The molecule has 56 heavy (non-hydrogen) atoms. The second-order valence-electron chi connectivity index (χ2n) is 15.5. The minimum atomic E-state index is -1.57. The maximum absolute atomic E-state index is 15.9. The molecule has 16 heteroatoms. The Labute approximate surface area is 322 Å². The monoisotopic (exact) mass is 778 g/mol. The molecule has 3 aliphatic heterocycles. The summed E-state index contributed by atoms with van der Waals surface area (Å²) < 4.78 is 52.8. The summed E-state index contributed by atoms with van der Waals surface area (Å²) in [6, 6.07) is 11.1. The van der Waals surface area contributed by atoms with E-state index in [-0.39, 0.29) is 75.2 Å². The van der Waals surface area contributed by atoms with E-state index in [9.17, 15) is 33.5 Å². The van der Waals surface area contributed by atoms with E-state index in [1.165, 1.54) is 27.8 Å². The zero-order valence-electron chi connectivity index (χ0n) is 31.6. The van der Waals surface area contributed by atoms with Crippen molar-refractivity contribution >= 4 is 29.7 Å². The van der Waals surface area contributed by atoms with Crippen LogP contribution in [0.4, 0.5) is 18.0 Å². The number of carbonyl (C=O) groups excluding carboxylic acids is 5. The Morgan fingerprint density at radius 2 is 1.66 bits per heavy atom. The summed E-state index contributed by atoms with van der Waals surface area (Å²) in [7, 11) is 0. The quantitative estimate of drug-likeness (QED) is 0.271. The number of halogens is 3. The van der Waals surface area contributed by atoms with Crippen LogP contribution < -0.4 is 0 Å². The van der Waals surface area contributed by atoms with Crippen molar-refractivity contribution < 1.29 is 47.0 Å². The second kappa shape index (κ2) is 16.3. The molecule has 2 fully saturated rings. The molecule has 3 aliphatic rings. The predicted molar refractivity (Wildman–Crippen MR) is 196 cm³/mol. The minimum absolute atomic E-state index is 0.0588. The van der Waals surface area contributed by atoms with Crippen LogP contribution in [0.5, 0.6) is 0 Å². The van der Waals surface area contributed by atoms with Gasteiger partial charge in [0.25, 0.3) is 17.7 Å². The highest BCUT2D eigenvalue weighted by Gasteiger charge is 2.47. The van der Waals surface area contributed by atoms with Crippen LogP contribution in [-0.2, 0) is 30.5 Å². The summed E-state index contributed by atoms with van der Waals surface area (Å²) in [5.74, 6) is -4.85. The molecule has 0 bridgehead atoms. The van der Waals surface area contributed by atoms with Crippen molar-refractivity contribution in [3.05, 3.63) is 89.9 Å². The molecule has 3 unspecified atom stereocenters. The first-order chi connectivity index (χ1) is 26.5. The molecule has 13 nitrogen and oxygen atoms in total. The van der Waals surface area contributed by atoms with Gasteiger partial charge in [-0.3, -0.25) is 24.1 Å². The van der Waals surface area contributed by atoms with Crippen molar-refractivity contribution in [1.29, 1.82) is 0 Å². The van der Waals surface area contributed by atoms with Crippen LogP contribution >= 0.6 is 0 Å². The van der Waals surface area contributed by atoms with Gasteiger partial charge in [-0.2, -0.15) is 0 Å². The first kappa shape index (κ1) is 40.2. The summed E-state index contributed by atoms with van der Waals surface area (Å²) in [6.07, 6.45) is -0.192.